The number of nitrogens with two attached hydrogens (primary N) is 1. The van der Waals surface area contributed by atoms with E-state index in [0.29, 0.717) is 31.9 Å². The second-order valence-corrected chi connectivity index (χ2v) is 11.8. The predicted octanol–water partition coefficient (Wildman–Crippen LogP) is 2.56. The second kappa shape index (κ2) is 11.1. The number of piperidine rings is 1. The van der Waals surface area contributed by atoms with Crippen LogP contribution in [0.3, 0.4) is 0 Å². The average molecular weight is 556 g/mol. The quantitative estimate of drug-likeness (QED) is 0.493. The molecule has 2 aliphatic rings. The molecule has 3 N–H and O–H groups in total. The number of sulfonamides is 1. The van der Waals surface area contributed by atoms with E-state index in [1.807, 2.05) is 28.0 Å². The third-order valence-electron chi connectivity index (χ3n) is 6.81. The number of pyridine rings is 1. The molecule has 38 heavy (non-hydrogen) atoms. The first-order valence-electron chi connectivity index (χ1n) is 12.4. The Kier molecular flexibility index (Phi) is 7.58. The first kappa shape index (κ1) is 26.1. The number of nitrogens with zero attached hydrogens (tertiary/aromatic N) is 5. The van der Waals surface area contributed by atoms with E-state index in [2.05, 4.69) is 20.2 Å². The normalized spacial score (nSPS) is 16.9. The van der Waals surface area contributed by atoms with E-state index in [1.165, 1.54) is 29.5 Å². The van der Waals surface area contributed by atoms with Gasteiger partial charge in [-0.15, -0.1) is 11.3 Å². The van der Waals surface area contributed by atoms with Crippen molar-refractivity contribution in [3.05, 3.63) is 64.7 Å². The fourth-order valence-corrected chi connectivity index (χ4v) is 6.24. The maximum Gasteiger partial charge on any atom is 0.320 e. The molecule has 0 atom stereocenters. The molecule has 0 radical (unpaired) electrons. The van der Waals surface area contributed by atoms with Crippen LogP contribution in [0.15, 0.2) is 58.9 Å². The van der Waals surface area contributed by atoms with E-state index >= 15 is 0 Å². The van der Waals surface area contributed by atoms with Crippen LogP contribution in [0.5, 0.6) is 0 Å². The number of benzene rings is 1. The third-order valence-corrected chi connectivity index (χ3v) is 8.73. The van der Waals surface area contributed by atoms with Gasteiger partial charge in [0.25, 0.3) is 5.91 Å². The Balaban J connectivity index is 1.12. The minimum Gasteiger partial charge on any atom is -0.353 e. The number of piperazine rings is 1. The summed E-state index contributed by atoms with van der Waals surface area (Å²) in [7, 11) is -3.87. The Hall–Kier alpha value is -3.55. The fraction of sp³-hybridized carbons (Fsp3) is 0.360. The molecule has 2 fully saturated rings. The Morgan fingerprint density at radius 3 is 2.39 bits per heavy atom. The number of amides is 3. The summed E-state index contributed by atoms with van der Waals surface area (Å²) in [5, 5.41) is 10.4. The molecule has 3 amide bonds. The molecule has 1 aromatic carbocycles. The molecule has 5 rings (SSSR count). The van der Waals surface area contributed by atoms with Gasteiger partial charge in [0.15, 0.2) is 0 Å². The number of anilines is 2. The number of hydrogen-bond donors (Lipinski definition) is 2. The van der Waals surface area contributed by atoms with Crippen LogP contribution in [0, 0.1) is 0 Å². The molecule has 3 aromatic rings. The van der Waals surface area contributed by atoms with E-state index in [4.69, 9.17) is 5.14 Å². The van der Waals surface area contributed by atoms with Crippen LogP contribution in [0.1, 0.15) is 34.3 Å². The van der Waals surface area contributed by atoms with Gasteiger partial charge in [0.2, 0.25) is 10.0 Å². The number of carbonyl (C=O) groups is 2. The summed E-state index contributed by atoms with van der Waals surface area (Å²) in [5.41, 5.74) is 0.596. The molecule has 0 unspecified atom stereocenters. The smallest absolute Gasteiger partial charge is 0.320 e. The van der Waals surface area contributed by atoms with Gasteiger partial charge >= 0.3 is 6.03 Å². The number of nitrogens with one attached hydrogen (secondary N) is 1. The summed E-state index contributed by atoms with van der Waals surface area (Å²) in [4.78, 5) is 40.7. The van der Waals surface area contributed by atoms with E-state index < -0.39 is 15.9 Å². The van der Waals surface area contributed by atoms with E-state index in [-0.39, 0.29) is 22.5 Å². The highest BCUT2D eigenvalue weighted by Gasteiger charge is 2.30. The fourth-order valence-electron chi connectivity index (χ4n) is 4.71. The minimum absolute atomic E-state index is 0.0741. The Morgan fingerprint density at radius 1 is 0.974 bits per heavy atom. The van der Waals surface area contributed by atoms with Crippen molar-refractivity contribution in [3.8, 4) is 0 Å². The molecular formula is C25H29N7O4S2. The van der Waals surface area contributed by atoms with Gasteiger partial charge in [0, 0.05) is 62.5 Å². The van der Waals surface area contributed by atoms with Crippen molar-refractivity contribution in [1.29, 1.82) is 0 Å². The maximum absolute atomic E-state index is 13.1. The first-order chi connectivity index (χ1) is 18.3. The van der Waals surface area contributed by atoms with Crippen molar-refractivity contribution >= 4 is 44.8 Å². The number of likely N-dealkylation sites (tertiary alicyclic amines) is 1. The molecule has 2 aromatic heterocycles. The monoisotopic (exact) mass is 555 g/mol. The SMILES string of the molecule is NS(=O)(=O)c1cccc(NC(=O)c2csc(C3CCN(C(=O)N4CCN(c5ccccn5)CC4)CC3)n2)c1. The summed E-state index contributed by atoms with van der Waals surface area (Å²) in [6.45, 7) is 4.14. The number of rotatable bonds is 5. The molecule has 0 saturated carbocycles. The molecule has 0 spiro atoms. The number of aromatic nitrogens is 2. The summed E-state index contributed by atoms with van der Waals surface area (Å²) < 4.78 is 23.1. The van der Waals surface area contributed by atoms with Crippen LogP contribution in [0.4, 0.5) is 16.3 Å². The highest BCUT2D eigenvalue weighted by molar-refractivity contribution is 7.89. The number of thiazole rings is 1. The lowest BCUT2D eigenvalue weighted by Crippen LogP contribution is -2.54. The lowest BCUT2D eigenvalue weighted by Gasteiger charge is -2.39. The standard InChI is InChI=1S/C25H29N7O4S2/c26-38(35,36)20-5-3-4-19(16-20)28-23(33)21-17-37-24(29-21)18-7-10-31(11-8-18)25(34)32-14-12-30(13-15-32)22-6-1-2-9-27-22/h1-6,9,16-18H,7-8,10-15H2,(H,28,33)(H2,26,35,36). The molecule has 11 nitrogen and oxygen atoms in total. The van der Waals surface area contributed by atoms with Crippen molar-refractivity contribution in [2.45, 2.75) is 23.7 Å². The molecule has 200 valence electrons. The van der Waals surface area contributed by atoms with E-state index in [0.717, 1.165) is 36.8 Å². The van der Waals surface area contributed by atoms with Crippen molar-refractivity contribution in [2.24, 2.45) is 5.14 Å². The van der Waals surface area contributed by atoms with Crippen molar-refractivity contribution < 1.29 is 18.0 Å². The van der Waals surface area contributed by atoms with E-state index in [1.54, 1.807) is 17.6 Å². The van der Waals surface area contributed by atoms with Crippen LogP contribution in [0.2, 0.25) is 0 Å². The first-order valence-corrected chi connectivity index (χ1v) is 14.8. The molecule has 0 aliphatic carbocycles. The Labute approximate surface area is 225 Å². The predicted molar refractivity (Wildman–Crippen MR) is 145 cm³/mol. The summed E-state index contributed by atoms with van der Waals surface area (Å²) in [5.74, 6) is 0.697. The van der Waals surface area contributed by atoms with Gasteiger partial charge < -0.3 is 20.0 Å². The van der Waals surface area contributed by atoms with Gasteiger partial charge in [0.05, 0.1) is 9.90 Å². The van der Waals surface area contributed by atoms with Gasteiger partial charge in [-0.25, -0.2) is 28.3 Å². The van der Waals surface area contributed by atoms with Crippen molar-refractivity contribution in [2.75, 3.05) is 49.5 Å². The molecule has 13 heteroatoms. The van der Waals surface area contributed by atoms with Crippen molar-refractivity contribution in [3.63, 3.8) is 0 Å². The Bertz CT molecular complexity index is 1400. The zero-order chi connectivity index (χ0) is 26.7. The Morgan fingerprint density at radius 2 is 1.71 bits per heavy atom. The minimum atomic E-state index is -3.87. The number of hydrogen-bond acceptors (Lipinski definition) is 8. The summed E-state index contributed by atoms with van der Waals surface area (Å²) >= 11 is 1.43. The van der Waals surface area contributed by atoms with Crippen LogP contribution < -0.4 is 15.4 Å². The molecule has 2 aliphatic heterocycles. The van der Waals surface area contributed by atoms with Gasteiger partial charge in [0.1, 0.15) is 11.5 Å². The van der Waals surface area contributed by atoms with Crippen LogP contribution in [-0.2, 0) is 10.0 Å². The average Bonchev–Trinajstić information content (AvgIpc) is 3.44. The number of primary sulfonamides is 1. The van der Waals surface area contributed by atoms with Gasteiger partial charge in [-0.1, -0.05) is 12.1 Å². The number of urea groups is 1. The highest BCUT2D eigenvalue weighted by Crippen LogP contribution is 2.31. The number of carbonyl (C=O) groups excluding carboxylic acids is 2. The lowest BCUT2D eigenvalue weighted by atomic mass is 9.98. The molecule has 4 heterocycles. The second-order valence-electron chi connectivity index (χ2n) is 9.30. The molecule has 0 bridgehead atoms. The maximum atomic E-state index is 13.1. The van der Waals surface area contributed by atoms with Gasteiger partial charge in [-0.05, 0) is 43.2 Å². The van der Waals surface area contributed by atoms with E-state index in [9.17, 15) is 18.0 Å². The summed E-state index contributed by atoms with van der Waals surface area (Å²) in [6, 6.07) is 11.7. The zero-order valence-corrected chi connectivity index (χ0v) is 22.3. The van der Waals surface area contributed by atoms with Gasteiger partial charge in [-0.2, -0.15) is 0 Å². The van der Waals surface area contributed by atoms with Crippen molar-refractivity contribution in [1.82, 2.24) is 19.8 Å². The molecular weight excluding hydrogens is 526 g/mol. The largest absolute Gasteiger partial charge is 0.353 e. The topological polar surface area (TPSA) is 142 Å². The summed E-state index contributed by atoms with van der Waals surface area (Å²) in [6.07, 6.45) is 3.35. The molecule has 2 saturated heterocycles. The van der Waals surface area contributed by atoms with Crippen LogP contribution >= 0.6 is 11.3 Å². The highest BCUT2D eigenvalue weighted by atomic mass is 32.2. The van der Waals surface area contributed by atoms with Gasteiger partial charge in [-0.3, -0.25) is 4.79 Å². The zero-order valence-electron chi connectivity index (χ0n) is 20.7. The lowest BCUT2D eigenvalue weighted by molar-refractivity contribution is 0.102. The van der Waals surface area contributed by atoms with Crippen LogP contribution in [-0.4, -0.2) is 79.4 Å². The van der Waals surface area contributed by atoms with Crippen LogP contribution in [0.25, 0.3) is 0 Å². The third kappa shape index (κ3) is 5.95.